The van der Waals surface area contributed by atoms with Crippen LogP contribution in [-0.2, 0) is 22.5 Å². The number of ether oxygens (including phenoxy) is 1. The molecule has 6 heteroatoms. The zero-order chi connectivity index (χ0) is 23.8. The van der Waals surface area contributed by atoms with E-state index in [1.165, 1.54) is 108 Å². The summed E-state index contributed by atoms with van der Waals surface area (Å²) in [6.07, 6.45) is 23.9. The lowest BCUT2D eigenvalue weighted by molar-refractivity contribution is -0.128. The number of hydrogen-bond acceptors (Lipinski definition) is 4. The maximum atomic E-state index is 12.4. The molecule has 0 aromatic carbocycles. The molecule has 194 valence electrons. The van der Waals surface area contributed by atoms with Gasteiger partial charge >= 0.3 is 0 Å². The zero-order valence-corrected chi connectivity index (χ0v) is 21.9. The van der Waals surface area contributed by atoms with Crippen LogP contribution in [-0.4, -0.2) is 34.1 Å². The van der Waals surface area contributed by atoms with Crippen LogP contribution in [0.1, 0.15) is 140 Å². The molecule has 2 aliphatic carbocycles. The molecule has 1 saturated carbocycles. The monoisotopic (exact) mass is 474 g/mol. The SMILES string of the molecule is CCCCCCCCCCCCn1nnc2c1CCCCCC2OCC(=O)NCC1CCCC1. The fourth-order valence-corrected chi connectivity index (χ4v) is 5.58. The Morgan fingerprint density at radius 1 is 0.912 bits per heavy atom. The van der Waals surface area contributed by atoms with Crippen molar-refractivity contribution >= 4 is 5.91 Å². The van der Waals surface area contributed by atoms with E-state index in [2.05, 4.69) is 27.2 Å². The molecular formula is C28H50N4O2. The minimum atomic E-state index is -0.103. The number of carbonyl (C=O) groups excluding carboxylic acids is 1. The third-order valence-corrected chi connectivity index (χ3v) is 7.75. The second-order valence-corrected chi connectivity index (χ2v) is 10.7. The van der Waals surface area contributed by atoms with Gasteiger partial charge in [0.05, 0.1) is 5.69 Å². The normalized spacial score (nSPS) is 19.0. The van der Waals surface area contributed by atoms with Crippen molar-refractivity contribution < 1.29 is 9.53 Å². The Balaban J connectivity index is 1.38. The van der Waals surface area contributed by atoms with Gasteiger partial charge in [-0.2, -0.15) is 0 Å². The van der Waals surface area contributed by atoms with Crippen LogP contribution in [0.25, 0.3) is 0 Å². The smallest absolute Gasteiger partial charge is 0.246 e. The van der Waals surface area contributed by atoms with E-state index < -0.39 is 0 Å². The van der Waals surface area contributed by atoms with E-state index in [-0.39, 0.29) is 18.6 Å². The molecule has 0 spiro atoms. The van der Waals surface area contributed by atoms with Crippen molar-refractivity contribution in [3.05, 3.63) is 11.4 Å². The summed E-state index contributed by atoms with van der Waals surface area (Å²) in [5.41, 5.74) is 2.22. The van der Waals surface area contributed by atoms with E-state index in [4.69, 9.17) is 4.74 Å². The number of nitrogens with zero attached hydrogens (tertiary/aromatic N) is 3. The van der Waals surface area contributed by atoms with Gasteiger partial charge in [-0.3, -0.25) is 4.79 Å². The Morgan fingerprint density at radius 2 is 1.59 bits per heavy atom. The standard InChI is InChI=1S/C28H50N4O2/c1-2-3-4-5-6-7-8-9-10-16-21-32-25-19-12-11-13-20-26(28(25)30-31-32)34-23-27(33)29-22-24-17-14-15-18-24/h24,26H,2-23H2,1H3,(H,29,33). The number of unbranched alkanes of at least 4 members (excludes halogenated alkanes) is 9. The van der Waals surface area contributed by atoms with Gasteiger partial charge in [-0.25, -0.2) is 4.68 Å². The fraction of sp³-hybridized carbons (Fsp3) is 0.893. The average Bonchev–Trinajstić information content (AvgIpc) is 3.49. The first-order valence-corrected chi connectivity index (χ1v) is 14.6. The van der Waals surface area contributed by atoms with Crippen LogP contribution in [0.3, 0.4) is 0 Å². The first-order chi connectivity index (χ1) is 16.8. The van der Waals surface area contributed by atoms with Gasteiger partial charge < -0.3 is 10.1 Å². The van der Waals surface area contributed by atoms with Crippen LogP contribution in [0.5, 0.6) is 0 Å². The van der Waals surface area contributed by atoms with E-state index in [0.29, 0.717) is 5.92 Å². The summed E-state index contributed by atoms with van der Waals surface area (Å²) >= 11 is 0. The number of rotatable bonds is 16. The second-order valence-electron chi connectivity index (χ2n) is 10.7. The van der Waals surface area contributed by atoms with E-state index in [1.807, 2.05) is 0 Å². The van der Waals surface area contributed by atoms with Crippen molar-refractivity contribution in [1.82, 2.24) is 20.3 Å². The number of nitrogens with one attached hydrogen (secondary N) is 1. The van der Waals surface area contributed by atoms with Gasteiger partial charge in [0.15, 0.2) is 0 Å². The van der Waals surface area contributed by atoms with E-state index in [1.54, 1.807) is 0 Å². The van der Waals surface area contributed by atoms with E-state index in [0.717, 1.165) is 38.0 Å². The van der Waals surface area contributed by atoms with Crippen LogP contribution in [0.2, 0.25) is 0 Å². The largest absolute Gasteiger partial charge is 0.362 e. The molecule has 1 heterocycles. The zero-order valence-electron chi connectivity index (χ0n) is 21.9. The number of hydrogen-bond donors (Lipinski definition) is 1. The maximum Gasteiger partial charge on any atom is 0.246 e. The Hall–Kier alpha value is -1.43. The molecule has 34 heavy (non-hydrogen) atoms. The summed E-state index contributed by atoms with van der Waals surface area (Å²) in [7, 11) is 0. The predicted octanol–water partition coefficient (Wildman–Crippen LogP) is 6.68. The molecule has 1 unspecified atom stereocenters. The molecule has 0 saturated heterocycles. The highest BCUT2D eigenvalue weighted by Crippen LogP contribution is 2.29. The molecule has 0 radical (unpaired) electrons. The van der Waals surface area contributed by atoms with Gasteiger partial charge in [0.2, 0.25) is 5.91 Å². The molecule has 1 aromatic rings. The third kappa shape index (κ3) is 9.67. The van der Waals surface area contributed by atoms with Crippen LogP contribution in [0, 0.1) is 5.92 Å². The third-order valence-electron chi connectivity index (χ3n) is 7.75. The van der Waals surface area contributed by atoms with Crippen molar-refractivity contribution in [3.8, 4) is 0 Å². The lowest BCUT2D eigenvalue weighted by atomic mass is 9.98. The van der Waals surface area contributed by atoms with Gasteiger partial charge in [-0.15, -0.1) is 5.10 Å². The summed E-state index contributed by atoms with van der Waals surface area (Å²) in [5.74, 6) is 0.663. The molecule has 6 nitrogen and oxygen atoms in total. The highest BCUT2D eigenvalue weighted by Gasteiger charge is 2.25. The van der Waals surface area contributed by atoms with Crippen LogP contribution >= 0.6 is 0 Å². The summed E-state index contributed by atoms with van der Waals surface area (Å²) < 4.78 is 8.24. The average molecular weight is 475 g/mol. The summed E-state index contributed by atoms with van der Waals surface area (Å²) in [6.45, 7) is 4.16. The number of aromatic nitrogens is 3. The molecule has 1 fully saturated rings. The molecule has 1 N–H and O–H groups in total. The quantitative estimate of drug-likeness (QED) is 0.271. The van der Waals surface area contributed by atoms with Crippen molar-refractivity contribution in [2.75, 3.05) is 13.2 Å². The van der Waals surface area contributed by atoms with Crippen molar-refractivity contribution in [2.24, 2.45) is 5.92 Å². The van der Waals surface area contributed by atoms with Gasteiger partial charge in [-0.05, 0) is 44.4 Å². The molecule has 1 atom stereocenters. The lowest BCUT2D eigenvalue weighted by Crippen LogP contribution is -2.32. The molecule has 0 bridgehead atoms. The lowest BCUT2D eigenvalue weighted by Gasteiger charge is -2.20. The van der Waals surface area contributed by atoms with E-state index in [9.17, 15) is 4.79 Å². The summed E-state index contributed by atoms with van der Waals surface area (Å²) in [4.78, 5) is 12.4. The number of carbonyl (C=O) groups is 1. The number of fused-ring (bicyclic) bond motifs is 1. The Kier molecular flexibility index (Phi) is 13.0. The summed E-state index contributed by atoms with van der Waals surface area (Å²) in [6, 6.07) is 0. The molecule has 2 aliphatic rings. The molecular weight excluding hydrogens is 424 g/mol. The topological polar surface area (TPSA) is 69.0 Å². The predicted molar refractivity (Wildman–Crippen MR) is 138 cm³/mol. The molecule has 1 aromatic heterocycles. The molecule has 1 amide bonds. The Bertz CT molecular complexity index is 684. The number of amides is 1. The minimum absolute atomic E-state index is 0.00765. The van der Waals surface area contributed by atoms with Crippen molar-refractivity contribution in [2.45, 2.75) is 142 Å². The molecule has 3 rings (SSSR count). The first kappa shape index (κ1) is 27.2. The first-order valence-electron chi connectivity index (χ1n) is 14.6. The Labute approximate surface area is 208 Å². The highest BCUT2D eigenvalue weighted by molar-refractivity contribution is 5.77. The molecule has 0 aliphatic heterocycles. The van der Waals surface area contributed by atoms with E-state index >= 15 is 0 Å². The van der Waals surface area contributed by atoms with Gasteiger partial charge in [0, 0.05) is 13.1 Å². The van der Waals surface area contributed by atoms with Crippen LogP contribution < -0.4 is 5.32 Å². The van der Waals surface area contributed by atoms with Crippen molar-refractivity contribution in [1.29, 1.82) is 0 Å². The fourth-order valence-electron chi connectivity index (χ4n) is 5.58. The van der Waals surface area contributed by atoms with Crippen LogP contribution in [0.4, 0.5) is 0 Å². The minimum Gasteiger partial charge on any atom is -0.362 e. The second kappa shape index (κ2) is 16.3. The van der Waals surface area contributed by atoms with Crippen LogP contribution in [0.15, 0.2) is 0 Å². The summed E-state index contributed by atoms with van der Waals surface area (Å²) in [5, 5.41) is 12.1. The highest BCUT2D eigenvalue weighted by atomic mass is 16.5. The number of aryl methyl sites for hydroxylation is 1. The van der Waals surface area contributed by atoms with Crippen molar-refractivity contribution in [3.63, 3.8) is 0 Å². The Morgan fingerprint density at radius 3 is 2.32 bits per heavy atom. The van der Waals surface area contributed by atoms with Gasteiger partial charge in [-0.1, -0.05) is 95.6 Å². The maximum absolute atomic E-state index is 12.4. The van der Waals surface area contributed by atoms with Gasteiger partial charge in [0.25, 0.3) is 0 Å². The van der Waals surface area contributed by atoms with Gasteiger partial charge in [0.1, 0.15) is 18.4 Å².